The summed E-state index contributed by atoms with van der Waals surface area (Å²) < 4.78 is 1.57. The highest BCUT2D eigenvalue weighted by Crippen LogP contribution is 2.12. The fourth-order valence-electron chi connectivity index (χ4n) is 1.62. The first-order valence-corrected chi connectivity index (χ1v) is 6.42. The van der Waals surface area contributed by atoms with Crippen molar-refractivity contribution in [1.29, 1.82) is 5.41 Å². The number of rotatable bonds is 7. The molecule has 0 aliphatic heterocycles. The molecule has 24 heavy (non-hydrogen) atoms. The molecule has 2 amide bonds. The summed E-state index contributed by atoms with van der Waals surface area (Å²) in [6, 6.07) is 1.52. The monoisotopic (exact) mass is 380 g/mol. The third kappa shape index (κ3) is 8.25. The van der Waals surface area contributed by atoms with Crippen LogP contribution in [0.3, 0.4) is 0 Å². The summed E-state index contributed by atoms with van der Waals surface area (Å²) in [4.78, 5) is 27.1. The van der Waals surface area contributed by atoms with Gasteiger partial charge in [0.25, 0.3) is 5.91 Å². The first-order valence-electron chi connectivity index (χ1n) is 6.42. The number of aromatic nitrogens is 1. The van der Waals surface area contributed by atoms with Gasteiger partial charge in [-0.05, 0) is 6.07 Å². The standard InChI is InChI=1S/C12H20N8O2.2ClH/c1-20-6-7(19-10(21)5-18-12(15)16)4-8(20)11(22)17-3-2-9(13)14;;/h4,6H,2-3,5H2,1H3,(H3,13,14)(H,17,22)(H,19,21)(H4,15,16,18);2*1H. The minimum Gasteiger partial charge on any atom is -0.388 e. The second-order valence-corrected chi connectivity index (χ2v) is 4.55. The maximum atomic E-state index is 12.0. The number of amidine groups is 1. The molecule has 0 saturated heterocycles. The van der Waals surface area contributed by atoms with Crippen LogP contribution in [0, 0.1) is 5.41 Å². The van der Waals surface area contributed by atoms with E-state index in [0.717, 1.165) is 0 Å². The number of nitrogens with one attached hydrogen (secondary N) is 3. The molecule has 0 spiro atoms. The second-order valence-electron chi connectivity index (χ2n) is 4.55. The third-order valence-electron chi connectivity index (χ3n) is 2.61. The number of anilines is 1. The molecule has 9 N–H and O–H groups in total. The maximum Gasteiger partial charge on any atom is 0.267 e. The molecule has 136 valence electrons. The molecule has 1 rings (SSSR count). The molecule has 10 nitrogen and oxygen atoms in total. The molecule has 0 bridgehead atoms. The molecule has 1 aromatic rings. The number of halogens is 2. The van der Waals surface area contributed by atoms with Crippen molar-refractivity contribution in [2.24, 2.45) is 29.2 Å². The Morgan fingerprint density at radius 1 is 1.29 bits per heavy atom. The van der Waals surface area contributed by atoms with Crippen molar-refractivity contribution in [2.75, 3.05) is 18.4 Å². The fraction of sp³-hybridized carbons (Fsp3) is 0.333. The van der Waals surface area contributed by atoms with E-state index in [-0.39, 0.29) is 62.0 Å². The van der Waals surface area contributed by atoms with Crippen molar-refractivity contribution in [3.8, 4) is 0 Å². The lowest BCUT2D eigenvalue weighted by atomic mass is 10.3. The molecular formula is C12H22Cl2N8O2. The predicted molar refractivity (Wildman–Crippen MR) is 98.1 cm³/mol. The number of hydrogen-bond acceptors (Lipinski definition) is 4. The normalized spacial score (nSPS) is 9.04. The van der Waals surface area contributed by atoms with Crippen molar-refractivity contribution < 1.29 is 9.59 Å². The number of hydrogen-bond donors (Lipinski definition) is 6. The van der Waals surface area contributed by atoms with Gasteiger partial charge in [-0.25, -0.2) is 4.99 Å². The molecule has 0 radical (unpaired) electrons. The molecular weight excluding hydrogens is 359 g/mol. The molecule has 0 aliphatic rings. The van der Waals surface area contributed by atoms with Crippen LogP contribution in [0.5, 0.6) is 0 Å². The largest absolute Gasteiger partial charge is 0.388 e. The maximum absolute atomic E-state index is 12.0. The fourth-order valence-corrected chi connectivity index (χ4v) is 1.62. The van der Waals surface area contributed by atoms with Crippen molar-refractivity contribution in [3.63, 3.8) is 0 Å². The quantitative estimate of drug-likeness (QED) is 0.265. The van der Waals surface area contributed by atoms with E-state index >= 15 is 0 Å². The molecule has 12 heteroatoms. The van der Waals surface area contributed by atoms with Gasteiger partial charge >= 0.3 is 0 Å². The molecule has 0 unspecified atom stereocenters. The topological polar surface area (TPSA) is 177 Å². The summed E-state index contributed by atoms with van der Waals surface area (Å²) in [5, 5.41) is 12.3. The molecule has 1 aromatic heterocycles. The second kappa shape index (κ2) is 11.1. The van der Waals surface area contributed by atoms with Crippen LogP contribution in [-0.2, 0) is 11.8 Å². The predicted octanol–water partition coefficient (Wildman–Crippen LogP) is -0.864. The van der Waals surface area contributed by atoms with E-state index in [9.17, 15) is 9.59 Å². The van der Waals surface area contributed by atoms with Crippen LogP contribution in [0.15, 0.2) is 17.3 Å². The number of amides is 2. The highest BCUT2D eigenvalue weighted by molar-refractivity contribution is 5.97. The zero-order chi connectivity index (χ0) is 16.7. The molecule has 0 saturated carbocycles. The first-order chi connectivity index (χ1) is 10.3. The molecule has 0 atom stereocenters. The van der Waals surface area contributed by atoms with Crippen LogP contribution >= 0.6 is 24.8 Å². The van der Waals surface area contributed by atoms with E-state index in [1.807, 2.05) is 0 Å². The van der Waals surface area contributed by atoms with Gasteiger partial charge in [0.05, 0.1) is 11.5 Å². The van der Waals surface area contributed by atoms with Crippen LogP contribution < -0.4 is 27.8 Å². The van der Waals surface area contributed by atoms with Crippen molar-refractivity contribution in [2.45, 2.75) is 6.42 Å². The molecule has 1 heterocycles. The van der Waals surface area contributed by atoms with Gasteiger partial charge in [0.1, 0.15) is 12.2 Å². The number of carbonyl (C=O) groups is 2. The summed E-state index contributed by atoms with van der Waals surface area (Å²) in [6.07, 6.45) is 1.87. The summed E-state index contributed by atoms with van der Waals surface area (Å²) >= 11 is 0. The van der Waals surface area contributed by atoms with Crippen molar-refractivity contribution >= 4 is 54.1 Å². The van der Waals surface area contributed by atoms with E-state index in [0.29, 0.717) is 11.4 Å². The van der Waals surface area contributed by atoms with Crippen molar-refractivity contribution in [1.82, 2.24) is 9.88 Å². The van der Waals surface area contributed by atoms with E-state index in [1.165, 1.54) is 6.07 Å². The number of guanidine groups is 1. The molecule has 0 aliphatic carbocycles. The Morgan fingerprint density at radius 3 is 2.46 bits per heavy atom. The average Bonchev–Trinajstić information content (AvgIpc) is 2.76. The van der Waals surface area contributed by atoms with Gasteiger partial charge in [-0.1, -0.05) is 0 Å². The van der Waals surface area contributed by atoms with E-state index in [2.05, 4.69) is 15.6 Å². The van der Waals surface area contributed by atoms with Crippen LogP contribution in [0.2, 0.25) is 0 Å². The molecule has 0 aromatic carbocycles. The van der Waals surface area contributed by atoms with E-state index in [1.54, 1.807) is 17.8 Å². The summed E-state index contributed by atoms with van der Waals surface area (Å²) in [5.41, 5.74) is 16.3. The Hall–Kier alpha value is -2.46. The minimum absolute atomic E-state index is 0. The Morgan fingerprint density at radius 2 is 1.92 bits per heavy atom. The van der Waals surface area contributed by atoms with Crippen LogP contribution in [0.1, 0.15) is 16.9 Å². The zero-order valence-corrected chi connectivity index (χ0v) is 14.7. The van der Waals surface area contributed by atoms with E-state index in [4.69, 9.17) is 22.6 Å². The Balaban J connectivity index is 0. The highest BCUT2D eigenvalue weighted by atomic mass is 35.5. The minimum atomic E-state index is -0.400. The average molecular weight is 381 g/mol. The number of nitrogens with zero attached hydrogens (tertiary/aromatic N) is 2. The van der Waals surface area contributed by atoms with Gasteiger partial charge in [-0.3, -0.25) is 15.0 Å². The van der Waals surface area contributed by atoms with Crippen LogP contribution in [0.25, 0.3) is 0 Å². The number of nitrogens with two attached hydrogens (primary N) is 3. The number of aliphatic imine (C=N–C) groups is 1. The Bertz CT molecular complexity index is 610. The first kappa shape index (κ1) is 23.8. The van der Waals surface area contributed by atoms with Gasteiger partial charge < -0.3 is 32.4 Å². The van der Waals surface area contributed by atoms with Crippen LogP contribution in [-0.4, -0.2) is 41.3 Å². The van der Waals surface area contributed by atoms with Gasteiger partial charge in [-0.2, -0.15) is 0 Å². The van der Waals surface area contributed by atoms with Gasteiger partial charge in [0.15, 0.2) is 5.96 Å². The summed E-state index contributed by atoms with van der Waals surface area (Å²) in [5.74, 6) is -0.898. The lowest BCUT2D eigenvalue weighted by Crippen LogP contribution is -2.28. The molecule has 0 fully saturated rings. The third-order valence-corrected chi connectivity index (χ3v) is 2.61. The Kier molecular flexibility index (Phi) is 11.0. The SMILES string of the molecule is Cl.Cl.Cn1cc(NC(=O)CN=C(N)N)cc1C(=O)NCCC(=N)N. The van der Waals surface area contributed by atoms with Gasteiger partial charge in [0.2, 0.25) is 5.91 Å². The highest BCUT2D eigenvalue weighted by Gasteiger charge is 2.12. The lowest BCUT2D eigenvalue weighted by Gasteiger charge is -2.04. The zero-order valence-electron chi connectivity index (χ0n) is 13.0. The van der Waals surface area contributed by atoms with Crippen molar-refractivity contribution in [3.05, 3.63) is 18.0 Å². The Labute approximate surface area is 151 Å². The smallest absolute Gasteiger partial charge is 0.267 e. The van der Waals surface area contributed by atoms with Gasteiger partial charge in [-0.15, -0.1) is 24.8 Å². The van der Waals surface area contributed by atoms with E-state index < -0.39 is 5.91 Å². The van der Waals surface area contributed by atoms with Gasteiger partial charge in [0, 0.05) is 26.2 Å². The summed E-state index contributed by atoms with van der Waals surface area (Å²) in [6.45, 7) is 0.0723. The summed E-state index contributed by atoms with van der Waals surface area (Å²) in [7, 11) is 1.67. The lowest BCUT2D eigenvalue weighted by molar-refractivity contribution is -0.114. The van der Waals surface area contributed by atoms with Crippen LogP contribution in [0.4, 0.5) is 5.69 Å². The number of carbonyl (C=O) groups excluding carboxylic acids is 2. The number of aryl methyl sites for hydroxylation is 1.